The summed E-state index contributed by atoms with van der Waals surface area (Å²) in [6.45, 7) is 5.91. The number of nitro benzene ring substituents is 1. The number of sulfone groups is 1. The van der Waals surface area contributed by atoms with Crippen LogP contribution in [0.5, 0.6) is 0 Å². The molecule has 1 N–H and O–H groups in total. The van der Waals surface area contributed by atoms with Crippen LogP contribution in [-0.4, -0.2) is 40.5 Å². The van der Waals surface area contributed by atoms with E-state index in [-0.39, 0.29) is 34.2 Å². The first kappa shape index (κ1) is 20.0. The summed E-state index contributed by atoms with van der Waals surface area (Å²) >= 11 is 0. The number of nitro groups is 1. The van der Waals surface area contributed by atoms with Gasteiger partial charge in [0.05, 0.1) is 28.2 Å². The van der Waals surface area contributed by atoms with Crippen molar-refractivity contribution < 1.29 is 18.1 Å². The molecule has 1 amide bonds. The molecule has 3 rings (SSSR count). The monoisotopic (exact) mass is 406 g/mol. The molecule has 28 heavy (non-hydrogen) atoms. The second-order valence-electron chi connectivity index (χ2n) is 7.93. The summed E-state index contributed by atoms with van der Waals surface area (Å²) in [4.78, 5) is 23.0. The number of carbonyl (C=O) groups excluding carboxylic acids is 1. The highest BCUT2D eigenvalue weighted by atomic mass is 32.2. The van der Waals surface area contributed by atoms with Crippen LogP contribution in [0.4, 0.5) is 11.5 Å². The van der Waals surface area contributed by atoms with Crippen molar-refractivity contribution in [2.75, 3.05) is 16.8 Å². The van der Waals surface area contributed by atoms with Gasteiger partial charge in [-0.25, -0.2) is 13.1 Å². The molecule has 2 aromatic rings. The average Bonchev–Trinajstić information content (AvgIpc) is 3.17. The highest BCUT2D eigenvalue weighted by Gasteiger charge is 2.33. The fourth-order valence-corrected chi connectivity index (χ4v) is 4.74. The van der Waals surface area contributed by atoms with Crippen LogP contribution in [0.25, 0.3) is 0 Å². The zero-order valence-electron chi connectivity index (χ0n) is 15.9. The van der Waals surface area contributed by atoms with Crippen LogP contribution in [0.3, 0.4) is 0 Å². The van der Waals surface area contributed by atoms with Crippen molar-refractivity contribution >= 4 is 27.2 Å². The van der Waals surface area contributed by atoms with Crippen molar-refractivity contribution in [3.05, 3.63) is 51.7 Å². The maximum Gasteiger partial charge on any atom is 0.270 e. The number of anilines is 1. The Morgan fingerprint density at radius 2 is 2.04 bits per heavy atom. The number of benzene rings is 1. The van der Waals surface area contributed by atoms with Gasteiger partial charge in [-0.2, -0.15) is 5.10 Å². The Morgan fingerprint density at radius 3 is 2.61 bits per heavy atom. The Labute approximate surface area is 162 Å². The Kier molecular flexibility index (Phi) is 5.00. The molecule has 1 aliphatic rings. The Hall–Kier alpha value is -2.75. The van der Waals surface area contributed by atoms with Crippen LogP contribution >= 0.6 is 0 Å². The maximum absolute atomic E-state index is 12.6. The van der Waals surface area contributed by atoms with Crippen molar-refractivity contribution in [2.45, 2.75) is 38.6 Å². The Bertz CT molecular complexity index is 1040. The summed E-state index contributed by atoms with van der Waals surface area (Å²) in [5, 5.41) is 18.2. The molecule has 0 radical (unpaired) electrons. The number of non-ortho nitro benzene ring substituents is 1. The smallest absolute Gasteiger partial charge is 0.270 e. The molecule has 0 bridgehead atoms. The third kappa shape index (κ3) is 4.22. The van der Waals surface area contributed by atoms with E-state index in [2.05, 4.69) is 10.4 Å². The first-order chi connectivity index (χ1) is 13.0. The van der Waals surface area contributed by atoms with Gasteiger partial charge in [-0.3, -0.25) is 14.9 Å². The molecule has 1 unspecified atom stereocenters. The topological polar surface area (TPSA) is 124 Å². The summed E-state index contributed by atoms with van der Waals surface area (Å²) in [6.07, 6.45) is 0.424. The second kappa shape index (κ2) is 7.01. The normalized spacial score (nSPS) is 18.8. The van der Waals surface area contributed by atoms with Gasteiger partial charge in [0.15, 0.2) is 9.84 Å². The van der Waals surface area contributed by atoms with Crippen LogP contribution in [0.2, 0.25) is 0 Å². The molecule has 1 saturated heterocycles. The SMILES string of the molecule is CC(C)(C)c1cc(NC(=O)c2cccc([N+](=O)[O-])c2)n(C2CCS(=O)(=O)C2)n1. The number of nitrogens with one attached hydrogen (secondary N) is 1. The number of rotatable bonds is 4. The molecule has 1 aromatic heterocycles. The summed E-state index contributed by atoms with van der Waals surface area (Å²) < 4.78 is 25.3. The van der Waals surface area contributed by atoms with Gasteiger partial charge in [-0.15, -0.1) is 0 Å². The quantitative estimate of drug-likeness (QED) is 0.615. The van der Waals surface area contributed by atoms with E-state index in [9.17, 15) is 23.3 Å². The van der Waals surface area contributed by atoms with Gasteiger partial charge in [0, 0.05) is 29.2 Å². The van der Waals surface area contributed by atoms with Gasteiger partial charge in [0.2, 0.25) is 0 Å². The summed E-state index contributed by atoms with van der Waals surface area (Å²) in [5.74, 6) is -0.0896. The van der Waals surface area contributed by atoms with Gasteiger partial charge in [0.1, 0.15) is 5.82 Å². The number of hydrogen-bond donors (Lipinski definition) is 1. The van der Waals surface area contributed by atoms with E-state index in [4.69, 9.17) is 0 Å². The molecule has 0 aliphatic carbocycles. The summed E-state index contributed by atoms with van der Waals surface area (Å²) in [7, 11) is -3.13. The molecular formula is C18H22N4O5S. The van der Waals surface area contributed by atoms with E-state index in [1.165, 1.54) is 24.3 Å². The second-order valence-corrected chi connectivity index (χ2v) is 10.2. The van der Waals surface area contributed by atoms with E-state index < -0.39 is 20.7 Å². The molecule has 1 fully saturated rings. The molecule has 0 spiro atoms. The number of amides is 1. The van der Waals surface area contributed by atoms with E-state index in [0.29, 0.717) is 17.9 Å². The molecule has 1 atom stereocenters. The minimum atomic E-state index is -3.13. The Balaban J connectivity index is 1.94. The number of aromatic nitrogens is 2. The van der Waals surface area contributed by atoms with Gasteiger partial charge in [0.25, 0.3) is 11.6 Å². The summed E-state index contributed by atoms with van der Waals surface area (Å²) in [6, 6.07) is 6.78. The maximum atomic E-state index is 12.6. The van der Waals surface area contributed by atoms with Crippen LogP contribution in [0.1, 0.15) is 49.3 Å². The Morgan fingerprint density at radius 1 is 1.32 bits per heavy atom. The third-order valence-corrected chi connectivity index (χ3v) is 6.37. The highest BCUT2D eigenvalue weighted by molar-refractivity contribution is 7.91. The zero-order chi connectivity index (χ0) is 20.7. The van der Waals surface area contributed by atoms with Gasteiger partial charge >= 0.3 is 0 Å². The molecule has 2 heterocycles. The van der Waals surface area contributed by atoms with Crippen molar-refractivity contribution in [3.8, 4) is 0 Å². The number of nitrogens with zero attached hydrogens (tertiary/aromatic N) is 3. The first-order valence-corrected chi connectivity index (χ1v) is 10.6. The third-order valence-electron chi connectivity index (χ3n) is 4.62. The largest absolute Gasteiger partial charge is 0.307 e. The van der Waals surface area contributed by atoms with E-state index in [1.54, 1.807) is 10.7 Å². The molecule has 150 valence electrons. The standard InChI is InChI=1S/C18H22N4O5S/c1-18(2,3)15-10-16(21(20-15)14-7-8-28(26,27)11-14)19-17(23)12-5-4-6-13(9-12)22(24)25/h4-6,9-10,14H,7-8,11H2,1-3H3,(H,19,23). The van der Waals surface area contributed by atoms with Crippen LogP contribution in [0.15, 0.2) is 30.3 Å². The molecule has 10 heteroatoms. The minimum Gasteiger partial charge on any atom is -0.307 e. The van der Waals surface area contributed by atoms with Gasteiger partial charge < -0.3 is 5.32 Å². The fourth-order valence-electron chi connectivity index (χ4n) is 3.05. The number of carbonyl (C=O) groups is 1. The average molecular weight is 406 g/mol. The molecule has 1 aliphatic heterocycles. The van der Waals surface area contributed by atoms with Crippen LogP contribution in [0, 0.1) is 10.1 Å². The predicted molar refractivity (Wildman–Crippen MR) is 104 cm³/mol. The lowest BCUT2D eigenvalue weighted by molar-refractivity contribution is -0.384. The van der Waals surface area contributed by atoms with Crippen molar-refractivity contribution in [1.29, 1.82) is 0 Å². The minimum absolute atomic E-state index is 0.0298. The van der Waals surface area contributed by atoms with E-state index in [1.807, 2.05) is 20.8 Å². The van der Waals surface area contributed by atoms with Crippen molar-refractivity contribution in [1.82, 2.24) is 9.78 Å². The highest BCUT2D eigenvalue weighted by Crippen LogP contribution is 2.31. The molecular weight excluding hydrogens is 384 g/mol. The van der Waals surface area contributed by atoms with Crippen LogP contribution < -0.4 is 5.32 Å². The van der Waals surface area contributed by atoms with Crippen molar-refractivity contribution in [2.24, 2.45) is 0 Å². The van der Waals surface area contributed by atoms with E-state index >= 15 is 0 Å². The lowest BCUT2D eigenvalue weighted by atomic mass is 9.92. The van der Waals surface area contributed by atoms with Crippen molar-refractivity contribution in [3.63, 3.8) is 0 Å². The lowest BCUT2D eigenvalue weighted by Crippen LogP contribution is -2.20. The summed E-state index contributed by atoms with van der Waals surface area (Å²) in [5.41, 5.74) is 0.371. The van der Waals surface area contributed by atoms with Gasteiger partial charge in [-0.05, 0) is 12.5 Å². The van der Waals surface area contributed by atoms with E-state index in [0.717, 1.165) is 0 Å². The molecule has 9 nitrogen and oxygen atoms in total. The number of hydrogen-bond acceptors (Lipinski definition) is 6. The zero-order valence-corrected chi connectivity index (χ0v) is 16.7. The van der Waals surface area contributed by atoms with Gasteiger partial charge in [-0.1, -0.05) is 26.8 Å². The first-order valence-electron chi connectivity index (χ1n) is 8.82. The lowest BCUT2D eigenvalue weighted by Gasteiger charge is -2.15. The molecule has 0 saturated carbocycles. The van der Waals surface area contributed by atoms with Crippen LogP contribution in [-0.2, 0) is 15.3 Å². The fraction of sp³-hybridized carbons (Fsp3) is 0.444. The molecule has 1 aromatic carbocycles. The predicted octanol–water partition coefficient (Wildman–Crippen LogP) is 2.70.